The maximum absolute atomic E-state index is 4.25. The van der Waals surface area contributed by atoms with Crippen LogP contribution >= 0.6 is 0 Å². The first-order chi connectivity index (χ1) is 5.79. The highest BCUT2D eigenvalue weighted by Crippen LogP contribution is 2.21. The fraction of sp³-hybridized carbons (Fsp3) is 0.750. The number of fused-ring (bicyclic) bond motifs is 1. The Hall–Kier alpha value is -0.900. The average molecular weight is 166 g/mol. The van der Waals surface area contributed by atoms with Gasteiger partial charge in [-0.1, -0.05) is 13.8 Å². The van der Waals surface area contributed by atoms with Crippen molar-refractivity contribution in [1.82, 2.24) is 20.1 Å². The minimum absolute atomic E-state index is 0.376. The summed E-state index contributed by atoms with van der Waals surface area (Å²) in [7, 11) is 0. The van der Waals surface area contributed by atoms with Gasteiger partial charge in [0.25, 0.3) is 0 Å². The molecule has 0 bridgehead atoms. The molecule has 2 rings (SSSR count). The lowest BCUT2D eigenvalue weighted by Gasteiger charge is -2.26. The second kappa shape index (κ2) is 2.86. The number of aromatic nitrogens is 3. The van der Waals surface area contributed by atoms with Gasteiger partial charge in [-0.05, 0) is 5.92 Å². The molecule has 1 aromatic rings. The predicted molar refractivity (Wildman–Crippen MR) is 45.6 cm³/mol. The number of hydrogen-bond donors (Lipinski definition) is 1. The quantitative estimate of drug-likeness (QED) is 0.663. The van der Waals surface area contributed by atoms with Crippen LogP contribution in [0.1, 0.15) is 25.7 Å². The van der Waals surface area contributed by atoms with Crippen LogP contribution in [0.15, 0.2) is 6.33 Å². The Morgan fingerprint density at radius 3 is 3.25 bits per heavy atom. The van der Waals surface area contributed by atoms with Crippen LogP contribution < -0.4 is 5.32 Å². The predicted octanol–water partition coefficient (Wildman–Crippen LogP) is 0.578. The zero-order valence-corrected chi connectivity index (χ0v) is 7.49. The molecule has 4 heteroatoms. The van der Waals surface area contributed by atoms with E-state index in [9.17, 15) is 0 Å². The van der Waals surface area contributed by atoms with Gasteiger partial charge in [0.2, 0.25) is 0 Å². The van der Waals surface area contributed by atoms with Crippen LogP contribution in [0.4, 0.5) is 0 Å². The van der Waals surface area contributed by atoms with Crippen molar-refractivity contribution in [2.24, 2.45) is 5.92 Å². The molecule has 0 aromatic carbocycles. The molecule has 0 aliphatic carbocycles. The van der Waals surface area contributed by atoms with E-state index in [1.54, 1.807) is 6.33 Å². The molecule has 1 atom stereocenters. The highest BCUT2D eigenvalue weighted by Gasteiger charge is 2.23. The van der Waals surface area contributed by atoms with Crippen molar-refractivity contribution < 1.29 is 0 Å². The first kappa shape index (κ1) is 7.73. The molecule has 1 aromatic heterocycles. The van der Waals surface area contributed by atoms with E-state index < -0.39 is 0 Å². The van der Waals surface area contributed by atoms with Crippen LogP contribution in [0.25, 0.3) is 0 Å². The van der Waals surface area contributed by atoms with Gasteiger partial charge < -0.3 is 5.32 Å². The molecule has 12 heavy (non-hydrogen) atoms. The lowest BCUT2D eigenvalue weighted by molar-refractivity contribution is 0.325. The summed E-state index contributed by atoms with van der Waals surface area (Å²) < 4.78 is 1.99. The Bertz CT molecular complexity index is 266. The summed E-state index contributed by atoms with van der Waals surface area (Å²) in [5.74, 6) is 1.66. The van der Waals surface area contributed by atoms with Gasteiger partial charge in [-0.3, -0.25) is 0 Å². The van der Waals surface area contributed by atoms with Gasteiger partial charge in [0, 0.05) is 6.54 Å². The van der Waals surface area contributed by atoms with E-state index in [1.165, 1.54) is 0 Å². The summed E-state index contributed by atoms with van der Waals surface area (Å²) in [6.45, 7) is 6.34. The van der Waals surface area contributed by atoms with Crippen molar-refractivity contribution >= 4 is 0 Å². The molecule has 1 aliphatic rings. The smallest absolute Gasteiger partial charge is 0.144 e. The van der Waals surface area contributed by atoms with Gasteiger partial charge in [-0.15, -0.1) is 0 Å². The lowest BCUT2D eigenvalue weighted by Crippen LogP contribution is -2.36. The molecule has 0 fully saturated rings. The number of rotatable bonds is 1. The Balaban J connectivity index is 2.31. The molecule has 1 N–H and O–H groups in total. The van der Waals surface area contributed by atoms with E-state index in [-0.39, 0.29) is 0 Å². The molecule has 1 unspecified atom stereocenters. The summed E-state index contributed by atoms with van der Waals surface area (Å²) in [6.07, 6.45) is 1.64. The van der Waals surface area contributed by atoms with Gasteiger partial charge in [0.05, 0.1) is 12.6 Å². The minimum Gasteiger partial charge on any atom is -0.305 e. The lowest BCUT2D eigenvalue weighted by atomic mass is 10.0. The SMILES string of the molecule is CC(C)C1NCCn2ncnc21. The third kappa shape index (κ3) is 1.12. The van der Waals surface area contributed by atoms with E-state index in [1.807, 2.05) is 4.68 Å². The molecule has 0 saturated carbocycles. The second-order valence-corrected chi connectivity index (χ2v) is 3.52. The van der Waals surface area contributed by atoms with Crippen LogP contribution in [-0.2, 0) is 6.54 Å². The van der Waals surface area contributed by atoms with Crippen LogP contribution in [0, 0.1) is 5.92 Å². The highest BCUT2D eigenvalue weighted by atomic mass is 15.4. The maximum atomic E-state index is 4.25. The Morgan fingerprint density at radius 1 is 1.67 bits per heavy atom. The summed E-state index contributed by atoms with van der Waals surface area (Å²) in [5.41, 5.74) is 0. The average Bonchev–Trinajstić information content (AvgIpc) is 2.49. The van der Waals surface area contributed by atoms with E-state index in [4.69, 9.17) is 0 Å². The second-order valence-electron chi connectivity index (χ2n) is 3.52. The number of nitrogens with zero attached hydrogens (tertiary/aromatic N) is 3. The van der Waals surface area contributed by atoms with E-state index in [0.717, 1.165) is 18.9 Å². The van der Waals surface area contributed by atoms with Crippen LogP contribution in [-0.4, -0.2) is 21.3 Å². The fourth-order valence-corrected chi connectivity index (χ4v) is 1.64. The Morgan fingerprint density at radius 2 is 2.50 bits per heavy atom. The van der Waals surface area contributed by atoms with Crippen LogP contribution in [0.5, 0.6) is 0 Å². The number of hydrogen-bond acceptors (Lipinski definition) is 3. The first-order valence-corrected chi connectivity index (χ1v) is 4.40. The summed E-state index contributed by atoms with van der Waals surface area (Å²) >= 11 is 0. The summed E-state index contributed by atoms with van der Waals surface area (Å²) in [6, 6.07) is 0.376. The molecular weight excluding hydrogens is 152 g/mol. The molecule has 66 valence electrons. The van der Waals surface area contributed by atoms with Crippen LogP contribution in [0.2, 0.25) is 0 Å². The van der Waals surface area contributed by atoms with E-state index in [0.29, 0.717) is 12.0 Å². The van der Waals surface area contributed by atoms with Crippen molar-refractivity contribution in [2.75, 3.05) is 6.54 Å². The largest absolute Gasteiger partial charge is 0.305 e. The minimum atomic E-state index is 0.376. The van der Waals surface area contributed by atoms with Crippen molar-refractivity contribution in [2.45, 2.75) is 26.4 Å². The Labute approximate surface area is 72.0 Å². The topological polar surface area (TPSA) is 42.7 Å². The van der Waals surface area contributed by atoms with Crippen molar-refractivity contribution in [1.29, 1.82) is 0 Å². The van der Waals surface area contributed by atoms with Crippen molar-refractivity contribution in [3.8, 4) is 0 Å². The molecule has 4 nitrogen and oxygen atoms in total. The Kier molecular flexibility index (Phi) is 1.84. The molecule has 0 saturated heterocycles. The summed E-state index contributed by atoms with van der Waals surface area (Å²) in [5, 5.41) is 7.59. The standard InChI is InChI=1S/C8H14N4/c1-6(2)7-8-10-5-11-12(8)4-3-9-7/h5-7,9H,3-4H2,1-2H3. The zero-order chi connectivity index (χ0) is 8.55. The van der Waals surface area contributed by atoms with Crippen LogP contribution in [0.3, 0.4) is 0 Å². The fourth-order valence-electron chi connectivity index (χ4n) is 1.64. The molecular formula is C8H14N4. The van der Waals surface area contributed by atoms with Gasteiger partial charge in [-0.2, -0.15) is 5.10 Å². The number of nitrogens with one attached hydrogen (secondary N) is 1. The summed E-state index contributed by atoms with van der Waals surface area (Å²) in [4.78, 5) is 4.25. The van der Waals surface area contributed by atoms with E-state index in [2.05, 4.69) is 29.2 Å². The van der Waals surface area contributed by atoms with Crippen molar-refractivity contribution in [3.05, 3.63) is 12.2 Å². The van der Waals surface area contributed by atoms with Gasteiger partial charge in [0.1, 0.15) is 12.2 Å². The molecule has 0 radical (unpaired) electrons. The molecule has 0 spiro atoms. The first-order valence-electron chi connectivity index (χ1n) is 4.40. The van der Waals surface area contributed by atoms with Crippen molar-refractivity contribution in [3.63, 3.8) is 0 Å². The van der Waals surface area contributed by atoms with E-state index >= 15 is 0 Å². The zero-order valence-electron chi connectivity index (χ0n) is 7.49. The van der Waals surface area contributed by atoms with Gasteiger partial charge in [-0.25, -0.2) is 9.67 Å². The third-order valence-corrected chi connectivity index (χ3v) is 2.28. The highest BCUT2D eigenvalue weighted by molar-refractivity contribution is 4.98. The monoisotopic (exact) mass is 166 g/mol. The molecule has 0 amide bonds. The third-order valence-electron chi connectivity index (χ3n) is 2.28. The maximum Gasteiger partial charge on any atom is 0.144 e. The van der Waals surface area contributed by atoms with Gasteiger partial charge >= 0.3 is 0 Å². The molecule has 1 aliphatic heterocycles. The normalized spacial score (nSPS) is 22.8. The molecule has 2 heterocycles. The van der Waals surface area contributed by atoms with Gasteiger partial charge in [0.15, 0.2) is 0 Å².